The molecule has 0 bridgehead atoms. The highest BCUT2D eigenvalue weighted by Crippen LogP contribution is 2.24. The SMILES string of the molecule is CCCCCCCCCCCCCC(=O)OCC(O)C[C@H]1O[C@H](CO)[C@H](O)[C@H](O)[C@H]1O. The van der Waals surface area contributed by atoms with E-state index in [2.05, 4.69) is 6.92 Å². The molecule has 0 spiro atoms. The summed E-state index contributed by atoms with van der Waals surface area (Å²) in [7, 11) is 0. The second kappa shape index (κ2) is 16.8. The second-order valence-electron chi connectivity index (χ2n) is 8.73. The number of ether oxygens (including phenoxy) is 2. The second-order valence-corrected chi connectivity index (χ2v) is 8.73. The standard InChI is InChI=1S/C23H44O8/c1-2-3-4-5-6-7-8-9-10-11-12-13-20(26)30-16-17(25)14-18-21(27)23(29)22(28)19(15-24)31-18/h17-19,21-25,27-29H,2-16H2,1H3/t17?,18-,19-,21+,22+,23-/m1/s1. The number of hydrogen-bond donors (Lipinski definition) is 5. The van der Waals surface area contributed by atoms with Gasteiger partial charge in [0.15, 0.2) is 0 Å². The maximum atomic E-state index is 11.8. The van der Waals surface area contributed by atoms with Gasteiger partial charge in [-0.15, -0.1) is 0 Å². The Morgan fingerprint density at radius 2 is 1.35 bits per heavy atom. The topological polar surface area (TPSA) is 137 Å². The molecule has 1 heterocycles. The van der Waals surface area contributed by atoms with Crippen molar-refractivity contribution in [1.29, 1.82) is 0 Å². The Kier molecular flexibility index (Phi) is 15.3. The zero-order valence-electron chi connectivity index (χ0n) is 19.0. The minimum atomic E-state index is -1.48. The average Bonchev–Trinajstić information content (AvgIpc) is 2.76. The summed E-state index contributed by atoms with van der Waals surface area (Å²) in [4.78, 5) is 11.8. The molecule has 1 saturated heterocycles. The smallest absolute Gasteiger partial charge is 0.305 e. The van der Waals surface area contributed by atoms with Crippen LogP contribution >= 0.6 is 0 Å². The van der Waals surface area contributed by atoms with Gasteiger partial charge in [0.1, 0.15) is 31.0 Å². The molecule has 1 rings (SSSR count). The van der Waals surface area contributed by atoms with Crippen molar-refractivity contribution in [3.63, 3.8) is 0 Å². The minimum Gasteiger partial charge on any atom is -0.463 e. The Hall–Kier alpha value is -0.770. The number of carbonyl (C=O) groups excluding carboxylic acids is 1. The van der Waals surface area contributed by atoms with E-state index in [9.17, 15) is 30.3 Å². The normalized spacial score (nSPS) is 27.2. The molecule has 0 radical (unpaired) electrons. The third-order valence-electron chi connectivity index (χ3n) is 5.92. The van der Waals surface area contributed by atoms with Gasteiger partial charge in [0.25, 0.3) is 0 Å². The van der Waals surface area contributed by atoms with Crippen LogP contribution < -0.4 is 0 Å². The fourth-order valence-corrected chi connectivity index (χ4v) is 3.90. The molecule has 0 saturated carbocycles. The van der Waals surface area contributed by atoms with Crippen LogP contribution in [-0.4, -0.2) is 81.3 Å². The van der Waals surface area contributed by atoms with Gasteiger partial charge in [-0.05, 0) is 6.42 Å². The lowest BCUT2D eigenvalue weighted by molar-refractivity contribution is -0.235. The van der Waals surface area contributed by atoms with Crippen molar-refractivity contribution >= 4 is 5.97 Å². The van der Waals surface area contributed by atoms with Crippen LogP contribution in [-0.2, 0) is 14.3 Å². The van der Waals surface area contributed by atoms with E-state index in [4.69, 9.17) is 9.47 Å². The number of aliphatic hydroxyl groups is 5. The Morgan fingerprint density at radius 1 is 0.839 bits per heavy atom. The van der Waals surface area contributed by atoms with Gasteiger partial charge in [0.2, 0.25) is 0 Å². The van der Waals surface area contributed by atoms with Crippen molar-refractivity contribution in [3.8, 4) is 0 Å². The van der Waals surface area contributed by atoms with Crippen molar-refractivity contribution < 1.29 is 39.8 Å². The van der Waals surface area contributed by atoms with Crippen LogP contribution in [0.2, 0.25) is 0 Å². The number of aliphatic hydroxyl groups excluding tert-OH is 5. The highest BCUT2D eigenvalue weighted by molar-refractivity contribution is 5.69. The largest absolute Gasteiger partial charge is 0.463 e. The van der Waals surface area contributed by atoms with E-state index in [1.165, 1.54) is 51.4 Å². The van der Waals surface area contributed by atoms with Crippen LogP contribution in [0.5, 0.6) is 0 Å². The van der Waals surface area contributed by atoms with Crippen molar-refractivity contribution in [2.24, 2.45) is 0 Å². The first-order valence-electron chi connectivity index (χ1n) is 12.0. The first-order valence-corrected chi connectivity index (χ1v) is 12.0. The fourth-order valence-electron chi connectivity index (χ4n) is 3.90. The number of carbonyl (C=O) groups is 1. The fraction of sp³-hybridized carbons (Fsp3) is 0.957. The first-order chi connectivity index (χ1) is 14.9. The summed E-state index contributed by atoms with van der Waals surface area (Å²) in [6.07, 6.45) is 6.03. The zero-order chi connectivity index (χ0) is 23.1. The maximum absolute atomic E-state index is 11.8. The quantitative estimate of drug-likeness (QED) is 0.168. The van der Waals surface area contributed by atoms with Gasteiger partial charge < -0.3 is 35.0 Å². The molecule has 8 nitrogen and oxygen atoms in total. The van der Waals surface area contributed by atoms with Gasteiger partial charge in [-0.3, -0.25) is 4.79 Å². The van der Waals surface area contributed by atoms with Gasteiger partial charge in [-0.1, -0.05) is 71.1 Å². The molecular formula is C23H44O8. The summed E-state index contributed by atoms with van der Waals surface area (Å²) in [5, 5.41) is 48.8. The number of rotatable bonds is 17. The molecule has 6 atom stereocenters. The van der Waals surface area contributed by atoms with E-state index in [1.807, 2.05) is 0 Å². The lowest BCUT2D eigenvalue weighted by atomic mass is 9.92. The summed E-state index contributed by atoms with van der Waals surface area (Å²) in [6.45, 7) is 1.47. The lowest BCUT2D eigenvalue weighted by Gasteiger charge is -2.40. The van der Waals surface area contributed by atoms with Crippen molar-refractivity contribution in [2.75, 3.05) is 13.2 Å². The number of unbranched alkanes of at least 4 members (excludes halogenated alkanes) is 10. The molecule has 0 aromatic rings. The predicted molar refractivity (Wildman–Crippen MR) is 116 cm³/mol. The molecule has 5 N–H and O–H groups in total. The molecule has 0 amide bonds. The van der Waals surface area contributed by atoms with Crippen LogP contribution in [0.1, 0.15) is 90.4 Å². The monoisotopic (exact) mass is 448 g/mol. The summed E-state index contributed by atoms with van der Waals surface area (Å²) < 4.78 is 10.4. The highest BCUT2D eigenvalue weighted by Gasteiger charge is 2.43. The van der Waals surface area contributed by atoms with E-state index in [-0.39, 0.29) is 19.0 Å². The van der Waals surface area contributed by atoms with Gasteiger partial charge in [0, 0.05) is 12.8 Å². The zero-order valence-corrected chi connectivity index (χ0v) is 19.0. The molecule has 0 aromatic carbocycles. The Morgan fingerprint density at radius 3 is 1.90 bits per heavy atom. The third-order valence-corrected chi connectivity index (χ3v) is 5.92. The highest BCUT2D eigenvalue weighted by atomic mass is 16.6. The lowest BCUT2D eigenvalue weighted by Crippen LogP contribution is -2.59. The van der Waals surface area contributed by atoms with Crippen LogP contribution in [0.15, 0.2) is 0 Å². The van der Waals surface area contributed by atoms with E-state index in [1.54, 1.807) is 0 Å². The molecular weight excluding hydrogens is 404 g/mol. The molecule has 1 unspecified atom stereocenters. The van der Waals surface area contributed by atoms with Crippen molar-refractivity contribution in [3.05, 3.63) is 0 Å². The maximum Gasteiger partial charge on any atom is 0.305 e. The van der Waals surface area contributed by atoms with Crippen LogP contribution in [0, 0.1) is 0 Å². The molecule has 1 fully saturated rings. The van der Waals surface area contributed by atoms with Crippen molar-refractivity contribution in [1.82, 2.24) is 0 Å². The van der Waals surface area contributed by atoms with Gasteiger partial charge in [-0.25, -0.2) is 0 Å². The summed E-state index contributed by atoms with van der Waals surface area (Å²) in [5.74, 6) is -0.372. The molecule has 1 aliphatic rings. The molecule has 8 heteroatoms. The number of esters is 1. The predicted octanol–water partition coefficient (Wildman–Crippen LogP) is 1.82. The Bertz CT molecular complexity index is 459. The van der Waals surface area contributed by atoms with Crippen LogP contribution in [0.4, 0.5) is 0 Å². The average molecular weight is 449 g/mol. The third kappa shape index (κ3) is 11.6. The van der Waals surface area contributed by atoms with Crippen molar-refractivity contribution in [2.45, 2.75) is 127 Å². The molecule has 31 heavy (non-hydrogen) atoms. The van der Waals surface area contributed by atoms with Gasteiger partial charge in [-0.2, -0.15) is 0 Å². The van der Waals surface area contributed by atoms with E-state index in [0.29, 0.717) is 6.42 Å². The van der Waals surface area contributed by atoms with Crippen LogP contribution in [0.25, 0.3) is 0 Å². The summed E-state index contributed by atoms with van der Waals surface area (Å²) >= 11 is 0. The molecule has 0 aromatic heterocycles. The summed E-state index contributed by atoms with van der Waals surface area (Å²) in [6, 6.07) is 0. The van der Waals surface area contributed by atoms with Gasteiger partial charge >= 0.3 is 5.97 Å². The van der Waals surface area contributed by atoms with Crippen LogP contribution in [0.3, 0.4) is 0 Å². The number of hydrogen-bond acceptors (Lipinski definition) is 8. The Labute approximate surface area is 186 Å². The first kappa shape index (κ1) is 28.3. The van der Waals surface area contributed by atoms with E-state index >= 15 is 0 Å². The molecule has 1 aliphatic heterocycles. The van der Waals surface area contributed by atoms with E-state index < -0.39 is 43.2 Å². The minimum absolute atomic E-state index is 0.0901. The molecule has 0 aliphatic carbocycles. The molecule has 184 valence electrons. The van der Waals surface area contributed by atoms with E-state index in [0.717, 1.165) is 19.3 Å². The van der Waals surface area contributed by atoms with Gasteiger partial charge in [0.05, 0.1) is 18.8 Å². The Balaban J connectivity index is 2.06. The summed E-state index contributed by atoms with van der Waals surface area (Å²) in [5.41, 5.74) is 0.